The Morgan fingerprint density at radius 3 is 3.00 bits per heavy atom. The number of halogens is 1. The maximum atomic E-state index is 12.0. The summed E-state index contributed by atoms with van der Waals surface area (Å²) in [6.07, 6.45) is 11.3. The summed E-state index contributed by atoms with van der Waals surface area (Å²) in [7, 11) is 0. The van der Waals surface area contributed by atoms with Crippen molar-refractivity contribution in [2.45, 2.75) is 50.8 Å². The minimum absolute atomic E-state index is 0.0431. The molecular formula is C14H18BrN3O2. The average molecular weight is 340 g/mol. The lowest BCUT2D eigenvalue weighted by atomic mass is 10.1. The number of hydrogen-bond donors (Lipinski definition) is 2. The van der Waals surface area contributed by atoms with Crippen molar-refractivity contribution < 1.29 is 5.11 Å². The Hall–Kier alpha value is -1.32. The highest BCUT2D eigenvalue weighted by atomic mass is 79.9. The summed E-state index contributed by atoms with van der Waals surface area (Å²) in [5.41, 5.74) is 0.338. The van der Waals surface area contributed by atoms with E-state index in [-0.39, 0.29) is 18.1 Å². The number of aliphatic hydroxyl groups excluding tert-OH is 1. The third-order valence-electron chi connectivity index (χ3n) is 3.55. The molecular weight excluding hydrogens is 322 g/mol. The van der Waals surface area contributed by atoms with Crippen LogP contribution in [-0.4, -0.2) is 27.0 Å². The van der Waals surface area contributed by atoms with Crippen molar-refractivity contribution in [3.63, 3.8) is 0 Å². The molecule has 2 unspecified atom stereocenters. The van der Waals surface area contributed by atoms with Gasteiger partial charge in [0.15, 0.2) is 0 Å². The SMILES string of the molecule is C#CCn1ncc(NC2CCCCCC2O)c(Br)c1=O. The first kappa shape index (κ1) is 15.1. The summed E-state index contributed by atoms with van der Waals surface area (Å²) in [5, 5.41) is 17.4. The molecule has 1 aliphatic rings. The molecule has 1 fully saturated rings. The lowest BCUT2D eigenvalue weighted by Crippen LogP contribution is -2.34. The summed E-state index contributed by atoms with van der Waals surface area (Å²) in [4.78, 5) is 12.0. The van der Waals surface area contributed by atoms with Gasteiger partial charge in [0.25, 0.3) is 5.56 Å². The minimum Gasteiger partial charge on any atom is -0.391 e. The van der Waals surface area contributed by atoms with Gasteiger partial charge < -0.3 is 10.4 Å². The van der Waals surface area contributed by atoms with Crippen molar-refractivity contribution >= 4 is 21.6 Å². The first-order chi connectivity index (χ1) is 9.63. The van der Waals surface area contributed by atoms with Gasteiger partial charge in [-0.25, -0.2) is 4.68 Å². The molecule has 2 atom stereocenters. The lowest BCUT2D eigenvalue weighted by molar-refractivity contribution is 0.144. The van der Waals surface area contributed by atoms with E-state index in [2.05, 4.69) is 32.3 Å². The second kappa shape index (κ2) is 6.91. The largest absolute Gasteiger partial charge is 0.391 e. The van der Waals surface area contributed by atoms with Gasteiger partial charge in [0.2, 0.25) is 0 Å². The van der Waals surface area contributed by atoms with Crippen molar-refractivity contribution in [3.8, 4) is 12.3 Å². The van der Waals surface area contributed by atoms with E-state index in [9.17, 15) is 9.90 Å². The molecule has 1 aliphatic carbocycles. The third-order valence-corrected chi connectivity index (χ3v) is 4.31. The maximum absolute atomic E-state index is 12.0. The van der Waals surface area contributed by atoms with Crippen molar-refractivity contribution in [2.75, 3.05) is 5.32 Å². The van der Waals surface area contributed by atoms with Crippen molar-refractivity contribution in [1.82, 2.24) is 9.78 Å². The molecule has 5 nitrogen and oxygen atoms in total. The normalized spacial score (nSPS) is 22.9. The number of terminal acetylenes is 1. The lowest BCUT2D eigenvalue weighted by Gasteiger charge is -2.23. The van der Waals surface area contributed by atoms with Gasteiger partial charge in [-0.2, -0.15) is 5.10 Å². The van der Waals surface area contributed by atoms with Crippen LogP contribution in [0.5, 0.6) is 0 Å². The Morgan fingerprint density at radius 1 is 1.50 bits per heavy atom. The molecule has 108 valence electrons. The number of aliphatic hydroxyl groups is 1. The number of anilines is 1. The zero-order valence-electron chi connectivity index (χ0n) is 11.2. The van der Waals surface area contributed by atoms with E-state index < -0.39 is 6.10 Å². The Kier molecular flexibility index (Phi) is 5.21. The molecule has 20 heavy (non-hydrogen) atoms. The van der Waals surface area contributed by atoms with Crippen LogP contribution in [-0.2, 0) is 6.54 Å². The van der Waals surface area contributed by atoms with Gasteiger partial charge in [0, 0.05) is 0 Å². The molecule has 0 aliphatic heterocycles. The average Bonchev–Trinajstić information content (AvgIpc) is 2.64. The van der Waals surface area contributed by atoms with E-state index in [1.54, 1.807) is 6.20 Å². The van der Waals surface area contributed by atoms with Gasteiger partial charge in [0.1, 0.15) is 11.0 Å². The maximum Gasteiger partial charge on any atom is 0.284 e. The Bertz CT molecular complexity index is 565. The van der Waals surface area contributed by atoms with E-state index in [1.807, 2.05) is 0 Å². The van der Waals surface area contributed by atoms with Crippen LogP contribution in [0.2, 0.25) is 0 Å². The fourth-order valence-electron chi connectivity index (χ4n) is 2.42. The molecule has 0 aromatic carbocycles. The van der Waals surface area contributed by atoms with Crippen molar-refractivity contribution in [1.29, 1.82) is 0 Å². The van der Waals surface area contributed by atoms with Gasteiger partial charge in [-0.15, -0.1) is 6.42 Å². The van der Waals surface area contributed by atoms with Gasteiger partial charge in [-0.3, -0.25) is 4.79 Å². The molecule has 0 spiro atoms. The van der Waals surface area contributed by atoms with E-state index in [1.165, 1.54) is 4.68 Å². The summed E-state index contributed by atoms with van der Waals surface area (Å²) >= 11 is 3.28. The number of aromatic nitrogens is 2. The molecule has 0 saturated heterocycles. The number of hydrogen-bond acceptors (Lipinski definition) is 4. The molecule has 2 rings (SSSR count). The second-order valence-electron chi connectivity index (χ2n) is 5.00. The van der Waals surface area contributed by atoms with Gasteiger partial charge in [-0.05, 0) is 28.8 Å². The van der Waals surface area contributed by atoms with Crippen LogP contribution in [0.15, 0.2) is 15.5 Å². The molecule has 1 aromatic heterocycles. The first-order valence-corrected chi connectivity index (χ1v) is 7.56. The summed E-state index contributed by atoms with van der Waals surface area (Å²) in [6, 6.07) is -0.0431. The van der Waals surface area contributed by atoms with Crippen LogP contribution < -0.4 is 10.9 Å². The summed E-state index contributed by atoms with van der Waals surface area (Å²) in [5.74, 6) is 2.39. The summed E-state index contributed by atoms with van der Waals surface area (Å²) in [6.45, 7) is 0.143. The predicted octanol–water partition coefficient (Wildman–Crippen LogP) is 1.74. The molecule has 0 radical (unpaired) electrons. The van der Waals surface area contributed by atoms with Crippen molar-refractivity contribution in [3.05, 3.63) is 21.0 Å². The van der Waals surface area contributed by atoms with Gasteiger partial charge in [-0.1, -0.05) is 25.2 Å². The minimum atomic E-state index is -0.391. The third kappa shape index (κ3) is 3.41. The molecule has 1 heterocycles. The Balaban J connectivity index is 2.19. The highest BCUT2D eigenvalue weighted by molar-refractivity contribution is 9.10. The topological polar surface area (TPSA) is 67.2 Å². The zero-order valence-corrected chi connectivity index (χ0v) is 12.8. The van der Waals surface area contributed by atoms with Crippen LogP contribution in [0.4, 0.5) is 5.69 Å². The smallest absolute Gasteiger partial charge is 0.284 e. The van der Waals surface area contributed by atoms with Crippen LogP contribution >= 0.6 is 15.9 Å². The molecule has 1 saturated carbocycles. The monoisotopic (exact) mass is 339 g/mol. The predicted molar refractivity (Wildman–Crippen MR) is 81.5 cm³/mol. The van der Waals surface area contributed by atoms with E-state index in [4.69, 9.17) is 6.42 Å². The Labute approximate surface area is 126 Å². The second-order valence-corrected chi connectivity index (χ2v) is 5.79. The Morgan fingerprint density at radius 2 is 2.25 bits per heavy atom. The van der Waals surface area contributed by atoms with E-state index in [0.717, 1.165) is 32.1 Å². The van der Waals surface area contributed by atoms with Crippen LogP contribution in [0.3, 0.4) is 0 Å². The highest BCUT2D eigenvalue weighted by Gasteiger charge is 2.22. The summed E-state index contributed by atoms with van der Waals surface area (Å²) < 4.78 is 1.62. The fourth-order valence-corrected chi connectivity index (χ4v) is 2.84. The molecule has 0 amide bonds. The van der Waals surface area contributed by atoms with Crippen molar-refractivity contribution in [2.24, 2.45) is 0 Å². The quantitative estimate of drug-likeness (QED) is 0.650. The molecule has 0 bridgehead atoms. The molecule has 2 N–H and O–H groups in total. The molecule has 1 aromatic rings. The van der Waals surface area contributed by atoms with E-state index in [0.29, 0.717) is 10.2 Å². The van der Waals surface area contributed by atoms with E-state index >= 15 is 0 Å². The molecule has 6 heteroatoms. The zero-order chi connectivity index (χ0) is 14.5. The van der Waals surface area contributed by atoms with Gasteiger partial charge in [0.05, 0.1) is 24.0 Å². The van der Waals surface area contributed by atoms with Gasteiger partial charge >= 0.3 is 0 Å². The van der Waals surface area contributed by atoms with Crippen LogP contribution in [0.1, 0.15) is 32.1 Å². The fraction of sp³-hybridized carbons (Fsp3) is 0.571. The number of nitrogens with one attached hydrogen (secondary N) is 1. The van der Waals surface area contributed by atoms with Crippen LogP contribution in [0.25, 0.3) is 0 Å². The standard InChI is InChI=1S/C14H18BrN3O2/c1-2-8-18-14(20)13(15)11(9-16-18)17-10-6-4-3-5-7-12(10)19/h1,9-10,12,17,19H,3-8H2. The first-order valence-electron chi connectivity index (χ1n) is 6.77. The number of rotatable bonds is 3. The number of nitrogens with zero attached hydrogens (tertiary/aromatic N) is 2. The van der Waals surface area contributed by atoms with Crippen LogP contribution in [0, 0.1) is 12.3 Å². The highest BCUT2D eigenvalue weighted by Crippen LogP contribution is 2.24.